The Morgan fingerprint density at radius 3 is 2.33 bits per heavy atom. The summed E-state index contributed by atoms with van der Waals surface area (Å²) in [7, 11) is 0. The molecule has 1 aromatic heterocycles. The highest BCUT2D eigenvalue weighted by molar-refractivity contribution is 6.31. The molecular formula is C29H18ClF4NO. The van der Waals surface area contributed by atoms with E-state index < -0.39 is 17.6 Å². The summed E-state index contributed by atoms with van der Waals surface area (Å²) in [5.74, 6) is 0.0340. The van der Waals surface area contributed by atoms with Crippen LogP contribution in [0.25, 0.3) is 33.2 Å². The minimum absolute atomic E-state index is 0.0287. The molecule has 36 heavy (non-hydrogen) atoms. The average Bonchev–Trinajstić information content (AvgIpc) is 2.88. The van der Waals surface area contributed by atoms with E-state index in [1.54, 1.807) is 24.3 Å². The molecule has 0 fully saturated rings. The molecule has 4 aromatic carbocycles. The molecule has 0 atom stereocenters. The summed E-state index contributed by atoms with van der Waals surface area (Å²) in [6.45, 7) is 0.0287. The van der Waals surface area contributed by atoms with Crippen LogP contribution in [0, 0.1) is 5.82 Å². The van der Waals surface area contributed by atoms with Crippen LogP contribution < -0.4 is 4.74 Å². The van der Waals surface area contributed by atoms with Gasteiger partial charge in [0, 0.05) is 33.3 Å². The van der Waals surface area contributed by atoms with Crippen LogP contribution in [0.4, 0.5) is 17.6 Å². The van der Waals surface area contributed by atoms with Crippen molar-refractivity contribution in [2.75, 3.05) is 0 Å². The second kappa shape index (κ2) is 9.63. The molecule has 5 rings (SSSR count). The number of nitrogens with zero attached hydrogens (tertiary/aromatic N) is 1. The van der Waals surface area contributed by atoms with Crippen LogP contribution in [-0.2, 0) is 12.8 Å². The first-order valence-electron chi connectivity index (χ1n) is 11.0. The largest absolute Gasteiger partial charge is 0.489 e. The highest BCUT2D eigenvalue weighted by Crippen LogP contribution is 2.42. The Morgan fingerprint density at radius 2 is 1.56 bits per heavy atom. The Labute approximate surface area is 209 Å². The summed E-state index contributed by atoms with van der Waals surface area (Å²) in [4.78, 5) is 4.23. The van der Waals surface area contributed by atoms with Gasteiger partial charge in [0.25, 0.3) is 0 Å². The predicted molar refractivity (Wildman–Crippen MR) is 133 cm³/mol. The lowest BCUT2D eigenvalue weighted by atomic mass is 9.91. The normalized spacial score (nSPS) is 11.6. The molecule has 7 heteroatoms. The third kappa shape index (κ3) is 4.77. The van der Waals surface area contributed by atoms with Crippen molar-refractivity contribution < 1.29 is 22.3 Å². The Balaban J connectivity index is 1.64. The van der Waals surface area contributed by atoms with Gasteiger partial charge < -0.3 is 4.74 Å². The molecule has 0 aliphatic carbocycles. The summed E-state index contributed by atoms with van der Waals surface area (Å²) in [6.07, 6.45) is -3.07. The Kier molecular flexibility index (Phi) is 6.37. The van der Waals surface area contributed by atoms with E-state index in [-0.39, 0.29) is 12.1 Å². The van der Waals surface area contributed by atoms with Crippen molar-refractivity contribution in [3.8, 4) is 28.0 Å². The smallest absolute Gasteiger partial charge is 0.418 e. The van der Waals surface area contributed by atoms with E-state index in [1.807, 2.05) is 36.4 Å². The van der Waals surface area contributed by atoms with E-state index >= 15 is 0 Å². The van der Waals surface area contributed by atoms with Gasteiger partial charge in [-0.15, -0.1) is 0 Å². The third-order valence-corrected chi connectivity index (χ3v) is 6.18. The van der Waals surface area contributed by atoms with E-state index in [1.165, 1.54) is 30.5 Å². The zero-order chi connectivity index (χ0) is 25.3. The summed E-state index contributed by atoms with van der Waals surface area (Å²) >= 11 is 6.15. The first kappa shape index (κ1) is 23.8. The van der Waals surface area contributed by atoms with Gasteiger partial charge in [0.15, 0.2) is 0 Å². The number of aromatic nitrogens is 1. The molecule has 0 N–H and O–H groups in total. The number of rotatable bonds is 5. The number of para-hydroxylation sites is 1. The number of hydrogen-bond acceptors (Lipinski definition) is 2. The van der Waals surface area contributed by atoms with Crippen LogP contribution in [0.2, 0.25) is 5.02 Å². The van der Waals surface area contributed by atoms with Gasteiger partial charge in [-0.2, -0.15) is 13.2 Å². The van der Waals surface area contributed by atoms with E-state index in [0.717, 1.165) is 11.6 Å². The lowest BCUT2D eigenvalue weighted by molar-refractivity contribution is -0.136. The van der Waals surface area contributed by atoms with Gasteiger partial charge in [0.2, 0.25) is 0 Å². The van der Waals surface area contributed by atoms with Crippen LogP contribution in [-0.4, -0.2) is 4.98 Å². The summed E-state index contributed by atoms with van der Waals surface area (Å²) in [5.41, 5.74) is 2.32. The van der Waals surface area contributed by atoms with Gasteiger partial charge in [-0.25, -0.2) is 4.39 Å². The molecule has 0 aliphatic heterocycles. The second-order valence-electron chi connectivity index (χ2n) is 8.16. The Hall–Kier alpha value is -3.90. The first-order chi connectivity index (χ1) is 17.3. The summed E-state index contributed by atoms with van der Waals surface area (Å²) in [5, 5.41) is 0.746. The summed E-state index contributed by atoms with van der Waals surface area (Å²) < 4.78 is 60.8. The second-order valence-corrected chi connectivity index (χ2v) is 8.57. The maximum Gasteiger partial charge on any atom is 0.418 e. The maximum absolute atomic E-state index is 13.8. The van der Waals surface area contributed by atoms with Crippen LogP contribution in [0.5, 0.6) is 5.75 Å². The van der Waals surface area contributed by atoms with E-state index in [4.69, 9.17) is 16.3 Å². The quantitative estimate of drug-likeness (QED) is 0.221. The van der Waals surface area contributed by atoms with Gasteiger partial charge in [-0.3, -0.25) is 4.98 Å². The van der Waals surface area contributed by atoms with Crippen molar-refractivity contribution >= 4 is 22.5 Å². The minimum atomic E-state index is -4.55. The maximum atomic E-state index is 13.8. The number of benzene rings is 4. The van der Waals surface area contributed by atoms with Gasteiger partial charge in [-0.05, 0) is 47.5 Å². The number of ether oxygens (including phenoxy) is 1. The first-order valence-corrected chi connectivity index (χ1v) is 11.4. The van der Waals surface area contributed by atoms with Crippen LogP contribution in [0.15, 0.2) is 97.2 Å². The fourth-order valence-corrected chi connectivity index (χ4v) is 4.33. The fourth-order valence-electron chi connectivity index (χ4n) is 4.16. The molecule has 1 heterocycles. The lowest BCUT2D eigenvalue weighted by Crippen LogP contribution is -2.07. The van der Waals surface area contributed by atoms with Gasteiger partial charge in [0.05, 0.1) is 11.1 Å². The van der Waals surface area contributed by atoms with Crippen molar-refractivity contribution in [2.45, 2.75) is 12.8 Å². The molecule has 180 valence electrons. The van der Waals surface area contributed by atoms with E-state index in [9.17, 15) is 17.6 Å². The molecule has 0 saturated heterocycles. The Morgan fingerprint density at radius 1 is 0.806 bits per heavy atom. The lowest BCUT2D eigenvalue weighted by Gasteiger charge is -2.17. The zero-order valence-electron chi connectivity index (χ0n) is 18.7. The topological polar surface area (TPSA) is 22.1 Å². The molecule has 0 radical (unpaired) electrons. The molecule has 0 amide bonds. The average molecular weight is 508 g/mol. The number of fused-ring (bicyclic) bond motifs is 1. The SMILES string of the molecule is Fc1ccc(Cl)c(COc2cccc(-c3c(-c4ccccc4)cnc4c(C(F)(F)F)cccc34)c2)c1. The standard InChI is InChI=1S/C29H18ClF4NO/c30-26-13-12-21(31)14-20(26)17-36-22-9-4-8-19(15-22)27-23-10-5-11-25(29(32,33)34)28(23)35-16-24(27)18-6-2-1-3-7-18/h1-16H,17H2. The molecule has 0 unspecified atom stereocenters. The molecule has 0 aliphatic rings. The van der Waals surface area contributed by atoms with Crippen molar-refractivity contribution in [1.29, 1.82) is 0 Å². The predicted octanol–water partition coefficient (Wildman–Crippen LogP) is 8.96. The summed E-state index contributed by atoms with van der Waals surface area (Å²) in [6, 6.07) is 24.5. The molecule has 5 aromatic rings. The third-order valence-electron chi connectivity index (χ3n) is 5.81. The van der Waals surface area contributed by atoms with Gasteiger partial charge in [0.1, 0.15) is 18.2 Å². The van der Waals surface area contributed by atoms with Gasteiger partial charge >= 0.3 is 6.18 Å². The Bertz CT molecular complexity index is 1550. The van der Waals surface area contributed by atoms with Crippen molar-refractivity contribution in [3.63, 3.8) is 0 Å². The monoisotopic (exact) mass is 507 g/mol. The molecule has 0 spiro atoms. The van der Waals surface area contributed by atoms with Crippen LogP contribution in [0.1, 0.15) is 11.1 Å². The van der Waals surface area contributed by atoms with Crippen molar-refractivity contribution in [1.82, 2.24) is 4.98 Å². The van der Waals surface area contributed by atoms with Crippen LogP contribution >= 0.6 is 11.6 Å². The van der Waals surface area contributed by atoms with Crippen molar-refractivity contribution in [3.05, 3.63) is 119 Å². The van der Waals surface area contributed by atoms with Crippen LogP contribution in [0.3, 0.4) is 0 Å². The molecule has 0 bridgehead atoms. The minimum Gasteiger partial charge on any atom is -0.489 e. The number of pyridine rings is 1. The number of hydrogen-bond donors (Lipinski definition) is 0. The number of alkyl halides is 3. The molecule has 2 nitrogen and oxygen atoms in total. The van der Waals surface area contributed by atoms with E-state index in [2.05, 4.69) is 4.98 Å². The van der Waals surface area contributed by atoms with Gasteiger partial charge in [-0.1, -0.05) is 66.2 Å². The molecular weight excluding hydrogens is 490 g/mol. The highest BCUT2D eigenvalue weighted by Gasteiger charge is 2.33. The van der Waals surface area contributed by atoms with Crippen molar-refractivity contribution in [2.24, 2.45) is 0 Å². The zero-order valence-corrected chi connectivity index (χ0v) is 19.4. The number of halogens is 5. The van der Waals surface area contributed by atoms with E-state index in [0.29, 0.717) is 38.4 Å². The highest BCUT2D eigenvalue weighted by atomic mass is 35.5. The fraction of sp³-hybridized carbons (Fsp3) is 0.0690. The molecule has 0 saturated carbocycles.